The van der Waals surface area contributed by atoms with E-state index in [4.69, 9.17) is 5.11 Å². The normalized spacial score (nSPS) is 21.6. The molecule has 1 heterocycles. The number of carboxylic acids is 1. The Morgan fingerprint density at radius 3 is 2.79 bits per heavy atom. The second-order valence-corrected chi connectivity index (χ2v) is 3.79. The topological polar surface area (TPSA) is 57.6 Å². The molecule has 14 heavy (non-hydrogen) atoms. The molecule has 4 nitrogen and oxygen atoms in total. The number of likely N-dealkylation sites (tertiary alicyclic amines) is 1. The third-order valence-electron chi connectivity index (χ3n) is 2.60. The average molecular weight is 199 g/mol. The number of amides is 1. The van der Waals surface area contributed by atoms with Gasteiger partial charge in [0.2, 0.25) is 5.91 Å². The lowest BCUT2D eigenvalue weighted by molar-refractivity contribution is -0.141. The van der Waals surface area contributed by atoms with Gasteiger partial charge in [-0.05, 0) is 6.42 Å². The number of aliphatic carboxylic acids is 1. The van der Waals surface area contributed by atoms with Gasteiger partial charge >= 0.3 is 5.97 Å². The standard InChI is InChI=1S/C10H17NO3/c1-2-3-4-5-11-7-8(10(13)14)6-9(11)12/h8H,2-7H2,1H3,(H,13,14)/t8-/m1/s1. The molecule has 0 spiro atoms. The van der Waals surface area contributed by atoms with Crippen LogP contribution in [0.4, 0.5) is 0 Å². The first-order valence-electron chi connectivity index (χ1n) is 5.15. The molecule has 1 aliphatic rings. The van der Waals surface area contributed by atoms with E-state index >= 15 is 0 Å². The summed E-state index contributed by atoms with van der Waals surface area (Å²) in [5.74, 6) is -1.34. The quantitative estimate of drug-likeness (QED) is 0.675. The van der Waals surface area contributed by atoms with Crippen LogP contribution in [-0.2, 0) is 9.59 Å². The highest BCUT2D eigenvalue weighted by molar-refractivity contribution is 5.86. The van der Waals surface area contributed by atoms with E-state index < -0.39 is 11.9 Å². The Morgan fingerprint density at radius 2 is 2.29 bits per heavy atom. The summed E-state index contributed by atoms with van der Waals surface area (Å²) in [4.78, 5) is 23.7. The van der Waals surface area contributed by atoms with Crippen LogP contribution in [-0.4, -0.2) is 35.0 Å². The minimum Gasteiger partial charge on any atom is -0.481 e. The van der Waals surface area contributed by atoms with Crippen LogP contribution in [0.3, 0.4) is 0 Å². The van der Waals surface area contributed by atoms with Gasteiger partial charge in [0, 0.05) is 19.5 Å². The van der Waals surface area contributed by atoms with Crippen molar-refractivity contribution in [2.45, 2.75) is 32.6 Å². The molecule has 0 unspecified atom stereocenters. The number of carbonyl (C=O) groups is 2. The van der Waals surface area contributed by atoms with E-state index in [-0.39, 0.29) is 12.3 Å². The van der Waals surface area contributed by atoms with Gasteiger partial charge in [-0.1, -0.05) is 19.8 Å². The molecule has 1 amide bonds. The number of hydrogen-bond acceptors (Lipinski definition) is 2. The molecule has 1 N–H and O–H groups in total. The molecule has 4 heteroatoms. The fourth-order valence-corrected chi connectivity index (χ4v) is 1.71. The maximum Gasteiger partial charge on any atom is 0.308 e. The zero-order valence-corrected chi connectivity index (χ0v) is 8.53. The molecule has 0 saturated carbocycles. The molecule has 80 valence electrons. The molecule has 0 aliphatic carbocycles. The van der Waals surface area contributed by atoms with Gasteiger partial charge in [0.1, 0.15) is 0 Å². The Balaban J connectivity index is 2.33. The van der Waals surface area contributed by atoms with Gasteiger partial charge < -0.3 is 10.0 Å². The maximum atomic E-state index is 11.3. The largest absolute Gasteiger partial charge is 0.481 e. The van der Waals surface area contributed by atoms with Crippen LogP contribution in [0, 0.1) is 5.92 Å². The van der Waals surface area contributed by atoms with Crippen LogP contribution >= 0.6 is 0 Å². The number of unbranched alkanes of at least 4 members (excludes halogenated alkanes) is 2. The van der Waals surface area contributed by atoms with Gasteiger partial charge in [-0.15, -0.1) is 0 Å². The van der Waals surface area contributed by atoms with Crippen molar-refractivity contribution >= 4 is 11.9 Å². The van der Waals surface area contributed by atoms with Crippen molar-refractivity contribution in [3.8, 4) is 0 Å². The van der Waals surface area contributed by atoms with E-state index in [1.165, 1.54) is 0 Å². The van der Waals surface area contributed by atoms with E-state index in [2.05, 4.69) is 6.92 Å². The van der Waals surface area contributed by atoms with Crippen LogP contribution in [0.15, 0.2) is 0 Å². The lowest BCUT2D eigenvalue weighted by Gasteiger charge is -2.15. The molecule has 1 atom stereocenters. The summed E-state index contributed by atoms with van der Waals surface area (Å²) >= 11 is 0. The Kier molecular flexibility index (Phi) is 3.92. The third-order valence-corrected chi connectivity index (χ3v) is 2.60. The number of nitrogens with zero attached hydrogens (tertiary/aromatic N) is 1. The third kappa shape index (κ3) is 2.72. The summed E-state index contributed by atoms with van der Waals surface area (Å²) in [6, 6.07) is 0. The molecule has 0 bridgehead atoms. The van der Waals surface area contributed by atoms with Crippen molar-refractivity contribution in [2.24, 2.45) is 5.92 Å². The molecular weight excluding hydrogens is 182 g/mol. The molecule has 1 aliphatic heterocycles. The second kappa shape index (κ2) is 4.98. The smallest absolute Gasteiger partial charge is 0.308 e. The van der Waals surface area contributed by atoms with E-state index in [1.54, 1.807) is 4.90 Å². The van der Waals surface area contributed by atoms with Crippen LogP contribution in [0.1, 0.15) is 32.6 Å². The summed E-state index contributed by atoms with van der Waals surface area (Å²) in [6.07, 6.45) is 3.38. The zero-order chi connectivity index (χ0) is 10.6. The summed E-state index contributed by atoms with van der Waals surface area (Å²) in [6.45, 7) is 3.22. The van der Waals surface area contributed by atoms with Gasteiger partial charge in [0.25, 0.3) is 0 Å². The van der Waals surface area contributed by atoms with Gasteiger partial charge in [0.15, 0.2) is 0 Å². The molecule has 0 radical (unpaired) electrons. The SMILES string of the molecule is CCCCCN1C[C@H](C(=O)O)CC1=O. The van der Waals surface area contributed by atoms with Crippen LogP contribution in [0.25, 0.3) is 0 Å². The Hall–Kier alpha value is -1.06. The molecule has 0 aromatic heterocycles. The van der Waals surface area contributed by atoms with Crippen LogP contribution in [0.5, 0.6) is 0 Å². The average Bonchev–Trinajstić information content (AvgIpc) is 2.49. The molecule has 0 aromatic carbocycles. The van der Waals surface area contributed by atoms with Crippen molar-refractivity contribution in [2.75, 3.05) is 13.1 Å². The molecule has 0 aromatic rings. The van der Waals surface area contributed by atoms with Crippen molar-refractivity contribution in [1.29, 1.82) is 0 Å². The predicted octanol–water partition coefficient (Wildman–Crippen LogP) is 1.11. The molecule has 1 saturated heterocycles. The number of carboxylic acid groups (broad SMARTS) is 1. The van der Waals surface area contributed by atoms with E-state index in [9.17, 15) is 9.59 Å². The lowest BCUT2D eigenvalue weighted by Crippen LogP contribution is -2.27. The van der Waals surface area contributed by atoms with Gasteiger partial charge in [0.05, 0.1) is 5.92 Å². The number of rotatable bonds is 5. The zero-order valence-electron chi connectivity index (χ0n) is 8.53. The Bertz CT molecular complexity index is 227. The highest BCUT2D eigenvalue weighted by Crippen LogP contribution is 2.18. The summed E-state index contributed by atoms with van der Waals surface area (Å²) in [7, 11) is 0. The molecule has 1 rings (SSSR count). The summed E-state index contributed by atoms with van der Waals surface area (Å²) in [5, 5.41) is 8.74. The van der Waals surface area contributed by atoms with Crippen molar-refractivity contribution in [3.63, 3.8) is 0 Å². The highest BCUT2D eigenvalue weighted by Gasteiger charge is 2.33. The van der Waals surface area contributed by atoms with Gasteiger partial charge in [-0.25, -0.2) is 0 Å². The van der Waals surface area contributed by atoms with Crippen molar-refractivity contribution < 1.29 is 14.7 Å². The first kappa shape index (κ1) is 11.0. The molecule has 1 fully saturated rings. The number of carbonyl (C=O) groups excluding carboxylic acids is 1. The van der Waals surface area contributed by atoms with Crippen LogP contribution < -0.4 is 0 Å². The first-order chi connectivity index (χ1) is 6.65. The fraction of sp³-hybridized carbons (Fsp3) is 0.800. The van der Waals surface area contributed by atoms with Gasteiger partial charge in [-0.3, -0.25) is 9.59 Å². The number of hydrogen-bond donors (Lipinski definition) is 1. The minimum absolute atomic E-state index is 0.00602. The maximum absolute atomic E-state index is 11.3. The highest BCUT2D eigenvalue weighted by atomic mass is 16.4. The summed E-state index contributed by atoms with van der Waals surface area (Å²) < 4.78 is 0. The Labute approximate surface area is 83.9 Å². The predicted molar refractivity (Wildman–Crippen MR) is 51.8 cm³/mol. The summed E-state index contributed by atoms with van der Waals surface area (Å²) in [5.41, 5.74) is 0. The first-order valence-corrected chi connectivity index (χ1v) is 5.15. The van der Waals surface area contributed by atoms with E-state index in [0.29, 0.717) is 6.54 Å². The van der Waals surface area contributed by atoms with Gasteiger partial charge in [-0.2, -0.15) is 0 Å². The Morgan fingerprint density at radius 1 is 1.57 bits per heavy atom. The lowest BCUT2D eigenvalue weighted by atomic mass is 10.1. The minimum atomic E-state index is -0.851. The van der Waals surface area contributed by atoms with Crippen LogP contribution in [0.2, 0.25) is 0 Å². The van der Waals surface area contributed by atoms with E-state index in [0.717, 1.165) is 25.8 Å². The van der Waals surface area contributed by atoms with Crippen molar-refractivity contribution in [1.82, 2.24) is 4.90 Å². The monoisotopic (exact) mass is 199 g/mol. The molecular formula is C10H17NO3. The van der Waals surface area contributed by atoms with Crippen molar-refractivity contribution in [3.05, 3.63) is 0 Å². The van der Waals surface area contributed by atoms with E-state index in [1.807, 2.05) is 0 Å². The second-order valence-electron chi connectivity index (χ2n) is 3.79. The fourth-order valence-electron chi connectivity index (χ4n) is 1.71.